The van der Waals surface area contributed by atoms with Crippen molar-refractivity contribution in [3.8, 4) is 5.75 Å². The molecular formula is C9H16N2OS. The lowest BCUT2D eigenvalue weighted by molar-refractivity contribution is 0.338. The number of nitrogens with zero attached hydrogens (tertiary/aromatic N) is 1. The molecule has 0 radical (unpaired) electrons. The Kier molecular flexibility index (Phi) is 4.21. The van der Waals surface area contributed by atoms with Crippen LogP contribution in [0.3, 0.4) is 0 Å². The number of thiophene rings is 1. The first-order valence-corrected chi connectivity index (χ1v) is 5.14. The van der Waals surface area contributed by atoms with Gasteiger partial charge in [0.15, 0.2) is 0 Å². The van der Waals surface area contributed by atoms with E-state index < -0.39 is 0 Å². The van der Waals surface area contributed by atoms with Gasteiger partial charge in [-0.05, 0) is 13.1 Å². The van der Waals surface area contributed by atoms with Crippen molar-refractivity contribution in [1.29, 1.82) is 0 Å². The lowest BCUT2D eigenvalue weighted by atomic mass is 10.4. The summed E-state index contributed by atoms with van der Waals surface area (Å²) in [6, 6.07) is 2.07. The highest BCUT2D eigenvalue weighted by molar-refractivity contribution is 7.10. The molecule has 2 N–H and O–H groups in total. The molecule has 0 bridgehead atoms. The second kappa shape index (κ2) is 5.21. The summed E-state index contributed by atoms with van der Waals surface area (Å²) in [4.78, 5) is 3.51. The molecule has 0 aromatic carbocycles. The van der Waals surface area contributed by atoms with Crippen molar-refractivity contribution in [2.75, 3.05) is 27.2 Å². The third-order valence-electron chi connectivity index (χ3n) is 1.80. The highest BCUT2D eigenvalue weighted by Gasteiger charge is 2.02. The molecule has 0 saturated carbocycles. The first-order valence-electron chi connectivity index (χ1n) is 4.26. The zero-order valence-electron chi connectivity index (χ0n) is 8.12. The largest absolute Gasteiger partial charge is 0.496 e. The Hall–Kier alpha value is -0.580. The third-order valence-corrected chi connectivity index (χ3v) is 2.70. The van der Waals surface area contributed by atoms with E-state index in [1.807, 2.05) is 5.38 Å². The van der Waals surface area contributed by atoms with Crippen LogP contribution in [0.2, 0.25) is 0 Å². The minimum Gasteiger partial charge on any atom is -0.496 e. The summed E-state index contributed by atoms with van der Waals surface area (Å²) in [5.74, 6) is 0.946. The van der Waals surface area contributed by atoms with E-state index in [0.717, 1.165) is 18.8 Å². The SMILES string of the molecule is COc1csc(CN(C)CCN)c1. The summed E-state index contributed by atoms with van der Waals surface area (Å²) >= 11 is 1.72. The number of hydrogen-bond acceptors (Lipinski definition) is 4. The lowest BCUT2D eigenvalue weighted by Crippen LogP contribution is -2.24. The van der Waals surface area contributed by atoms with Crippen LogP contribution in [0.4, 0.5) is 0 Å². The summed E-state index contributed by atoms with van der Waals surface area (Å²) in [6.07, 6.45) is 0. The minimum atomic E-state index is 0.707. The van der Waals surface area contributed by atoms with Gasteiger partial charge in [0.2, 0.25) is 0 Å². The smallest absolute Gasteiger partial charge is 0.129 e. The van der Waals surface area contributed by atoms with E-state index in [-0.39, 0.29) is 0 Å². The van der Waals surface area contributed by atoms with Gasteiger partial charge in [0.05, 0.1) is 7.11 Å². The van der Waals surface area contributed by atoms with Gasteiger partial charge in [-0.25, -0.2) is 0 Å². The van der Waals surface area contributed by atoms with Crippen LogP contribution in [0.25, 0.3) is 0 Å². The maximum Gasteiger partial charge on any atom is 0.129 e. The van der Waals surface area contributed by atoms with Gasteiger partial charge < -0.3 is 15.4 Å². The normalized spacial score (nSPS) is 10.8. The molecule has 1 aromatic rings. The molecule has 13 heavy (non-hydrogen) atoms. The van der Waals surface area contributed by atoms with Crippen LogP contribution < -0.4 is 10.5 Å². The van der Waals surface area contributed by atoms with E-state index in [1.54, 1.807) is 18.4 Å². The average molecular weight is 200 g/mol. The highest BCUT2D eigenvalue weighted by atomic mass is 32.1. The topological polar surface area (TPSA) is 38.5 Å². The Morgan fingerprint density at radius 1 is 1.62 bits per heavy atom. The van der Waals surface area contributed by atoms with Gasteiger partial charge in [-0.15, -0.1) is 11.3 Å². The van der Waals surface area contributed by atoms with Gasteiger partial charge >= 0.3 is 0 Å². The lowest BCUT2D eigenvalue weighted by Gasteiger charge is -2.13. The Labute approximate surface area is 83.1 Å². The Morgan fingerprint density at radius 3 is 2.92 bits per heavy atom. The second-order valence-corrected chi connectivity index (χ2v) is 3.98. The van der Waals surface area contributed by atoms with Crippen molar-refractivity contribution in [2.45, 2.75) is 6.54 Å². The van der Waals surface area contributed by atoms with E-state index >= 15 is 0 Å². The molecule has 0 saturated heterocycles. The summed E-state index contributed by atoms with van der Waals surface area (Å²) < 4.78 is 5.10. The summed E-state index contributed by atoms with van der Waals surface area (Å²) in [6.45, 7) is 2.59. The van der Waals surface area contributed by atoms with Crippen LogP contribution >= 0.6 is 11.3 Å². The van der Waals surface area contributed by atoms with Crippen molar-refractivity contribution in [3.63, 3.8) is 0 Å². The van der Waals surface area contributed by atoms with Crippen molar-refractivity contribution in [2.24, 2.45) is 5.73 Å². The highest BCUT2D eigenvalue weighted by Crippen LogP contribution is 2.21. The first kappa shape index (κ1) is 10.5. The van der Waals surface area contributed by atoms with Gasteiger partial charge in [-0.3, -0.25) is 0 Å². The van der Waals surface area contributed by atoms with Gasteiger partial charge in [0.25, 0.3) is 0 Å². The predicted octanol–water partition coefficient (Wildman–Crippen LogP) is 1.15. The zero-order valence-corrected chi connectivity index (χ0v) is 8.93. The number of nitrogens with two attached hydrogens (primary N) is 1. The zero-order chi connectivity index (χ0) is 9.68. The van der Waals surface area contributed by atoms with Crippen molar-refractivity contribution < 1.29 is 4.74 Å². The standard InChI is InChI=1S/C9H16N2OS/c1-11(4-3-10)6-9-5-8(12-2)7-13-9/h5,7H,3-4,6,10H2,1-2H3. The fourth-order valence-corrected chi connectivity index (χ4v) is 2.03. The fourth-order valence-electron chi connectivity index (χ4n) is 1.12. The summed E-state index contributed by atoms with van der Waals surface area (Å²) in [7, 11) is 3.76. The molecule has 0 unspecified atom stereocenters. The Bertz CT molecular complexity index is 250. The van der Waals surface area contributed by atoms with Crippen LogP contribution in [0.1, 0.15) is 4.88 Å². The van der Waals surface area contributed by atoms with Crippen molar-refractivity contribution >= 4 is 11.3 Å². The van der Waals surface area contributed by atoms with E-state index in [1.165, 1.54) is 4.88 Å². The molecule has 1 rings (SSSR count). The van der Waals surface area contributed by atoms with Crippen LogP contribution in [0.15, 0.2) is 11.4 Å². The van der Waals surface area contributed by atoms with E-state index in [2.05, 4.69) is 18.0 Å². The summed E-state index contributed by atoms with van der Waals surface area (Å²) in [5.41, 5.74) is 5.45. The molecular weight excluding hydrogens is 184 g/mol. The van der Waals surface area contributed by atoms with Crippen LogP contribution in [-0.4, -0.2) is 32.1 Å². The fraction of sp³-hybridized carbons (Fsp3) is 0.556. The van der Waals surface area contributed by atoms with E-state index in [9.17, 15) is 0 Å². The third kappa shape index (κ3) is 3.34. The molecule has 0 aliphatic heterocycles. The maximum atomic E-state index is 5.45. The van der Waals surface area contributed by atoms with Gasteiger partial charge in [-0.1, -0.05) is 0 Å². The molecule has 1 heterocycles. The first-order chi connectivity index (χ1) is 6.26. The Morgan fingerprint density at radius 2 is 2.38 bits per heavy atom. The minimum absolute atomic E-state index is 0.707. The number of rotatable bonds is 5. The number of hydrogen-bond donors (Lipinski definition) is 1. The van der Waals surface area contributed by atoms with Crippen molar-refractivity contribution in [3.05, 3.63) is 16.3 Å². The quantitative estimate of drug-likeness (QED) is 0.775. The molecule has 1 aromatic heterocycles. The molecule has 3 nitrogen and oxygen atoms in total. The van der Waals surface area contributed by atoms with Crippen LogP contribution in [-0.2, 0) is 6.54 Å². The van der Waals surface area contributed by atoms with Crippen LogP contribution in [0.5, 0.6) is 5.75 Å². The second-order valence-electron chi connectivity index (χ2n) is 2.98. The molecule has 0 aliphatic carbocycles. The molecule has 74 valence electrons. The summed E-state index contributed by atoms with van der Waals surface area (Å²) in [5, 5.41) is 2.02. The molecule has 4 heteroatoms. The molecule has 0 atom stereocenters. The molecule has 0 spiro atoms. The monoisotopic (exact) mass is 200 g/mol. The van der Waals surface area contributed by atoms with Gasteiger partial charge in [0.1, 0.15) is 5.75 Å². The number of likely N-dealkylation sites (N-methyl/N-ethyl adjacent to an activating group) is 1. The maximum absolute atomic E-state index is 5.45. The van der Waals surface area contributed by atoms with Gasteiger partial charge in [-0.2, -0.15) is 0 Å². The van der Waals surface area contributed by atoms with Crippen LogP contribution in [0, 0.1) is 0 Å². The van der Waals surface area contributed by atoms with Crippen molar-refractivity contribution in [1.82, 2.24) is 4.90 Å². The molecule has 0 fully saturated rings. The Balaban J connectivity index is 2.44. The molecule has 0 amide bonds. The van der Waals surface area contributed by atoms with Gasteiger partial charge in [0, 0.05) is 29.9 Å². The molecule has 0 aliphatic rings. The van der Waals surface area contributed by atoms with E-state index in [4.69, 9.17) is 10.5 Å². The predicted molar refractivity (Wildman–Crippen MR) is 56.3 cm³/mol. The van der Waals surface area contributed by atoms with E-state index in [0.29, 0.717) is 6.54 Å². The number of ether oxygens (including phenoxy) is 1. The number of methoxy groups -OCH3 is 1. The average Bonchev–Trinajstić information content (AvgIpc) is 2.52.